The van der Waals surface area contributed by atoms with E-state index in [9.17, 15) is 22.0 Å². The number of hydrogen-bond donors (Lipinski definition) is 0. The summed E-state index contributed by atoms with van der Waals surface area (Å²) in [6.45, 7) is 6.77. The summed E-state index contributed by atoms with van der Waals surface area (Å²) in [6, 6.07) is 0. The second-order valence-corrected chi connectivity index (χ2v) is 8.94. The van der Waals surface area contributed by atoms with Crippen LogP contribution in [0.2, 0.25) is 0 Å². The number of rotatable bonds is 3. The largest absolute Gasteiger partial charge is 0.423 e. The van der Waals surface area contributed by atoms with E-state index >= 15 is 13.2 Å². The summed E-state index contributed by atoms with van der Waals surface area (Å²) in [5.74, 6) is -9.21. The molecule has 10 heteroatoms. The molecule has 1 heterocycles. The molecule has 0 radical (unpaired) electrons. The van der Waals surface area contributed by atoms with Crippen molar-refractivity contribution in [3.63, 3.8) is 0 Å². The molecule has 156 valence electrons. The lowest BCUT2D eigenvalue weighted by Gasteiger charge is -2.53. The van der Waals surface area contributed by atoms with Crippen molar-refractivity contribution < 1.29 is 44.6 Å². The normalized spacial score (nSPS) is 34.6. The fourth-order valence-electron chi connectivity index (χ4n) is 2.62. The van der Waals surface area contributed by atoms with Gasteiger partial charge in [-0.3, -0.25) is 0 Å². The number of alkyl halides is 8. The summed E-state index contributed by atoms with van der Waals surface area (Å²) in [5, 5.41) is 0. The van der Waals surface area contributed by atoms with Gasteiger partial charge in [-0.05, 0) is 19.3 Å². The van der Waals surface area contributed by atoms with Crippen molar-refractivity contribution in [1.29, 1.82) is 0 Å². The minimum absolute atomic E-state index is 0.216. The van der Waals surface area contributed by atoms with Crippen LogP contribution in [0.4, 0.5) is 35.1 Å². The first kappa shape index (κ1) is 23.4. The molecule has 0 aromatic heterocycles. The third-order valence-electron chi connectivity index (χ3n) is 5.10. The van der Waals surface area contributed by atoms with Gasteiger partial charge in [0.25, 0.3) is 11.6 Å². The molecule has 2 nitrogen and oxygen atoms in total. The van der Waals surface area contributed by atoms with Crippen LogP contribution in [0.25, 0.3) is 0 Å². The molecular weight excluding hydrogens is 376 g/mol. The topological polar surface area (TPSA) is 18.5 Å². The molecule has 0 aliphatic carbocycles. The van der Waals surface area contributed by atoms with Gasteiger partial charge < -0.3 is 4.74 Å². The van der Waals surface area contributed by atoms with Crippen LogP contribution in [-0.4, -0.2) is 35.3 Å². The van der Waals surface area contributed by atoms with Crippen molar-refractivity contribution >= 4 is 0 Å². The van der Waals surface area contributed by atoms with Crippen molar-refractivity contribution in [1.82, 2.24) is 0 Å². The van der Waals surface area contributed by atoms with Crippen molar-refractivity contribution in [2.75, 3.05) is 0 Å². The second kappa shape index (κ2) is 5.46. The minimum atomic E-state index is -5.51. The zero-order chi connectivity index (χ0) is 21.4. The Bertz CT molecular complexity index is 562. The SMILES string of the molecule is CC(C)(C)C(F)(F)C(C)(OC1(F)C(F)(F)OC(F)(F)C1(C)F)C(C)(C)C. The molecule has 1 saturated heterocycles. The van der Waals surface area contributed by atoms with E-state index in [1.165, 1.54) is 0 Å². The van der Waals surface area contributed by atoms with E-state index in [1.807, 2.05) is 0 Å². The number of halogens is 8. The molecule has 0 N–H and O–H groups in total. The summed E-state index contributed by atoms with van der Waals surface area (Å²) in [4.78, 5) is 0. The Hall–Kier alpha value is -0.640. The molecule has 3 unspecified atom stereocenters. The molecule has 1 rings (SSSR count). The van der Waals surface area contributed by atoms with Crippen molar-refractivity contribution in [2.24, 2.45) is 10.8 Å². The Morgan fingerprint density at radius 1 is 0.692 bits per heavy atom. The lowest BCUT2D eigenvalue weighted by atomic mass is 9.66. The van der Waals surface area contributed by atoms with Gasteiger partial charge >= 0.3 is 18.1 Å². The van der Waals surface area contributed by atoms with Gasteiger partial charge in [0.05, 0.1) is 0 Å². The Balaban J connectivity index is 3.69. The highest BCUT2D eigenvalue weighted by Crippen LogP contribution is 2.64. The lowest BCUT2D eigenvalue weighted by molar-refractivity contribution is -0.425. The molecule has 26 heavy (non-hydrogen) atoms. The van der Waals surface area contributed by atoms with Crippen LogP contribution in [0.5, 0.6) is 0 Å². The maximum atomic E-state index is 15.1. The highest BCUT2D eigenvalue weighted by molar-refractivity contribution is 5.13. The number of ether oxygens (including phenoxy) is 2. The average Bonchev–Trinajstić information content (AvgIpc) is 2.41. The summed E-state index contributed by atoms with van der Waals surface area (Å²) < 4.78 is 122. The zero-order valence-electron chi connectivity index (χ0n) is 15.8. The lowest BCUT2D eigenvalue weighted by Crippen LogP contribution is -2.69. The fraction of sp³-hybridized carbons (Fsp3) is 1.00. The third kappa shape index (κ3) is 2.73. The molecule has 1 fully saturated rings. The van der Waals surface area contributed by atoms with Gasteiger partial charge in [0, 0.05) is 5.41 Å². The summed E-state index contributed by atoms with van der Waals surface area (Å²) in [5.41, 5.74) is -11.6. The van der Waals surface area contributed by atoms with Crippen molar-refractivity contribution in [3.05, 3.63) is 0 Å². The molecule has 0 spiro atoms. The minimum Gasteiger partial charge on any atom is -0.323 e. The predicted molar refractivity (Wildman–Crippen MR) is 77.7 cm³/mol. The second-order valence-electron chi connectivity index (χ2n) is 8.94. The Morgan fingerprint density at radius 3 is 1.31 bits per heavy atom. The molecule has 0 amide bonds. The predicted octanol–water partition coefficient (Wildman–Crippen LogP) is 6.10. The Labute approximate surface area is 147 Å². The highest BCUT2D eigenvalue weighted by Gasteiger charge is 2.89. The van der Waals surface area contributed by atoms with E-state index in [-0.39, 0.29) is 6.92 Å². The van der Waals surface area contributed by atoms with Gasteiger partial charge in [-0.25, -0.2) is 17.9 Å². The smallest absolute Gasteiger partial charge is 0.323 e. The summed E-state index contributed by atoms with van der Waals surface area (Å²) in [7, 11) is 0. The molecule has 0 bridgehead atoms. The van der Waals surface area contributed by atoms with Gasteiger partial charge in [0.1, 0.15) is 5.60 Å². The Kier molecular flexibility index (Phi) is 4.91. The third-order valence-corrected chi connectivity index (χ3v) is 5.10. The van der Waals surface area contributed by atoms with Crippen LogP contribution in [0.15, 0.2) is 0 Å². The van der Waals surface area contributed by atoms with E-state index < -0.39 is 46.1 Å². The van der Waals surface area contributed by atoms with E-state index in [1.54, 1.807) is 0 Å². The van der Waals surface area contributed by atoms with Crippen LogP contribution >= 0.6 is 0 Å². The van der Waals surface area contributed by atoms with Gasteiger partial charge in [0.15, 0.2) is 0 Å². The average molecular weight is 400 g/mol. The van der Waals surface area contributed by atoms with Gasteiger partial charge in [-0.15, -0.1) is 0 Å². The maximum absolute atomic E-state index is 15.1. The zero-order valence-corrected chi connectivity index (χ0v) is 15.8. The maximum Gasteiger partial charge on any atom is 0.423 e. The molecule has 0 aromatic rings. The van der Waals surface area contributed by atoms with Gasteiger partial charge in [-0.2, -0.15) is 22.0 Å². The molecule has 0 aromatic carbocycles. The first-order valence-electron chi connectivity index (χ1n) is 7.83. The van der Waals surface area contributed by atoms with Crippen LogP contribution in [0.1, 0.15) is 55.4 Å². The van der Waals surface area contributed by atoms with Gasteiger partial charge in [-0.1, -0.05) is 41.5 Å². The first-order chi connectivity index (χ1) is 10.9. The van der Waals surface area contributed by atoms with E-state index in [2.05, 4.69) is 9.47 Å². The van der Waals surface area contributed by atoms with Crippen LogP contribution in [0, 0.1) is 10.8 Å². The highest BCUT2D eigenvalue weighted by atomic mass is 19.3. The van der Waals surface area contributed by atoms with E-state index in [0.29, 0.717) is 6.92 Å². The van der Waals surface area contributed by atoms with E-state index in [4.69, 9.17) is 0 Å². The fourth-order valence-corrected chi connectivity index (χ4v) is 2.62. The summed E-state index contributed by atoms with van der Waals surface area (Å²) >= 11 is 0. The summed E-state index contributed by atoms with van der Waals surface area (Å²) in [6.07, 6.45) is -10.8. The van der Waals surface area contributed by atoms with Crippen molar-refractivity contribution in [3.8, 4) is 0 Å². The monoisotopic (exact) mass is 400 g/mol. The van der Waals surface area contributed by atoms with Crippen LogP contribution in [-0.2, 0) is 9.47 Å². The molecule has 3 atom stereocenters. The first-order valence-corrected chi connectivity index (χ1v) is 7.83. The van der Waals surface area contributed by atoms with E-state index in [0.717, 1.165) is 41.5 Å². The van der Waals surface area contributed by atoms with Crippen LogP contribution < -0.4 is 0 Å². The standard InChI is InChI=1S/C16H24F8O2/c1-9(2,3)12(8,13(18,19)10(4,5)6)25-14(20)11(7,17)15(21,22)26-16(14,23)24/h1-8H3. The quantitative estimate of drug-likeness (QED) is 0.533. The van der Waals surface area contributed by atoms with Gasteiger partial charge in [0.2, 0.25) is 0 Å². The molecular formula is C16H24F8O2. The molecule has 1 aliphatic rings. The number of hydrogen-bond acceptors (Lipinski definition) is 2. The Morgan fingerprint density at radius 2 is 1.08 bits per heavy atom. The van der Waals surface area contributed by atoms with Crippen LogP contribution in [0.3, 0.4) is 0 Å². The molecule has 0 saturated carbocycles. The molecule has 1 aliphatic heterocycles. The van der Waals surface area contributed by atoms with Crippen molar-refractivity contribution in [2.45, 2.75) is 90.7 Å².